The lowest BCUT2D eigenvalue weighted by Crippen LogP contribution is -2.13. The highest BCUT2D eigenvalue weighted by atomic mass is 16.4. The molecule has 2 aromatic heterocycles. The second kappa shape index (κ2) is 12.3. The van der Waals surface area contributed by atoms with Crippen LogP contribution in [0.4, 0.5) is 34.1 Å². The molecule has 0 atom stereocenters. The largest absolute Gasteiger partial charge is 0.454 e. The molecule has 2 heterocycles. The number of aromatic nitrogens is 1. The van der Waals surface area contributed by atoms with Crippen molar-refractivity contribution in [1.82, 2.24) is 4.98 Å². The van der Waals surface area contributed by atoms with E-state index in [4.69, 9.17) is 13.8 Å². The summed E-state index contributed by atoms with van der Waals surface area (Å²) < 4.78 is 13.5. The van der Waals surface area contributed by atoms with E-state index in [0.29, 0.717) is 11.5 Å². The molecule has 0 aliphatic rings. The average molecular weight is 670 g/mol. The van der Waals surface area contributed by atoms with Gasteiger partial charge in [-0.3, -0.25) is 0 Å². The lowest BCUT2D eigenvalue weighted by molar-refractivity contribution is 0.619. The van der Waals surface area contributed by atoms with E-state index in [9.17, 15) is 0 Å². The van der Waals surface area contributed by atoms with E-state index in [1.165, 1.54) is 0 Å². The molecular weight excluding hydrogens is 639 g/mol. The molecule has 10 aromatic rings. The first-order chi connectivity index (χ1) is 25.8. The van der Waals surface area contributed by atoms with Gasteiger partial charge in [0.05, 0.1) is 11.1 Å². The third-order valence-corrected chi connectivity index (χ3v) is 9.60. The van der Waals surface area contributed by atoms with Gasteiger partial charge in [0.2, 0.25) is 5.89 Å². The second-order valence-corrected chi connectivity index (χ2v) is 12.8. The van der Waals surface area contributed by atoms with Gasteiger partial charge in [0, 0.05) is 45.5 Å². The maximum atomic E-state index is 6.92. The fourth-order valence-electron chi connectivity index (χ4n) is 7.24. The van der Waals surface area contributed by atoms with E-state index in [-0.39, 0.29) is 0 Å². The van der Waals surface area contributed by atoms with E-state index in [0.717, 1.165) is 77.9 Å². The fourth-order valence-corrected chi connectivity index (χ4v) is 7.24. The lowest BCUT2D eigenvalue weighted by Gasteiger charge is -2.29. The topological polar surface area (TPSA) is 45.7 Å². The average Bonchev–Trinajstić information content (AvgIpc) is 3.81. The number of nitrogens with zero attached hydrogens (tertiary/aromatic N) is 3. The Hall–Kier alpha value is -7.11. The standard InChI is InChI=1S/C47H31N3O2/c1-5-16-32(17-6-1)47-48-45-43(52-47)31-41(46-44(45)40-28-33-18-13-14-19-34(33)29-42(40)51-46)50(37-24-11-4-12-25-37)39-27-15-26-38(30-39)49(35-20-7-2-8-21-35)36-22-9-3-10-23-36/h1-31H. The van der Waals surface area contributed by atoms with Gasteiger partial charge >= 0.3 is 0 Å². The summed E-state index contributed by atoms with van der Waals surface area (Å²) in [5.41, 5.74) is 9.88. The van der Waals surface area contributed by atoms with Crippen molar-refractivity contribution in [3.63, 3.8) is 0 Å². The maximum Gasteiger partial charge on any atom is 0.227 e. The SMILES string of the molecule is c1ccc(-c2nc3c(cc(N(c4ccccc4)c4cccc(N(c5ccccc5)c5ccccc5)c4)c4oc5cc6ccccc6cc5c43)o2)cc1. The Labute approximate surface area is 300 Å². The number of hydrogen-bond donors (Lipinski definition) is 0. The van der Waals surface area contributed by atoms with E-state index in [1.807, 2.05) is 48.5 Å². The third-order valence-electron chi connectivity index (χ3n) is 9.60. The van der Waals surface area contributed by atoms with Crippen LogP contribution >= 0.6 is 0 Å². The summed E-state index contributed by atoms with van der Waals surface area (Å²) in [6, 6.07) is 64.9. The number of para-hydroxylation sites is 3. The molecule has 246 valence electrons. The number of oxazole rings is 1. The predicted molar refractivity (Wildman–Crippen MR) is 214 cm³/mol. The molecule has 0 bridgehead atoms. The van der Waals surface area contributed by atoms with Gasteiger partial charge in [0.25, 0.3) is 0 Å². The Bertz CT molecular complexity index is 2810. The van der Waals surface area contributed by atoms with Crippen molar-refractivity contribution in [2.45, 2.75) is 0 Å². The Kier molecular flexibility index (Phi) is 7.07. The van der Waals surface area contributed by atoms with Crippen LogP contribution in [0.25, 0.3) is 55.3 Å². The molecule has 0 saturated carbocycles. The van der Waals surface area contributed by atoms with Crippen molar-refractivity contribution < 1.29 is 8.83 Å². The summed E-state index contributed by atoms with van der Waals surface area (Å²) in [7, 11) is 0. The quantitative estimate of drug-likeness (QED) is 0.169. The van der Waals surface area contributed by atoms with Gasteiger partial charge < -0.3 is 18.6 Å². The van der Waals surface area contributed by atoms with Crippen molar-refractivity contribution in [3.8, 4) is 11.5 Å². The Morgan fingerprint density at radius 3 is 1.56 bits per heavy atom. The van der Waals surface area contributed by atoms with Crippen LogP contribution in [0.5, 0.6) is 0 Å². The molecule has 0 saturated heterocycles. The van der Waals surface area contributed by atoms with Crippen molar-refractivity contribution in [3.05, 3.63) is 188 Å². The number of hydrogen-bond acceptors (Lipinski definition) is 5. The van der Waals surface area contributed by atoms with Crippen LogP contribution in [-0.2, 0) is 0 Å². The van der Waals surface area contributed by atoms with Gasteiger partial charge in [-0.2, -0.15) is 0 Å². The first-order valence-corrected chi connectivity index (χ1v) is 17.4. The van der Waals surface area contributed by atoms with Crippen LogP contribution in [-0.4, -0.2) is 4.98 Å². The maximum absolute atomic E-state index is 6.92. The first kappa shape index (κ1) is 29.8. The molecule has 5 nitrogen and oxygen atoms in total. The Morgan fingerprint density at radius 2 is 0.923 bits per heavy atom. The third kappa shape index (κ3) is 5.07. The number of benzene rings is 8. The summed E-state index contributed by atoms with van der Waals surface area (Å²) in [4.78, 5) is 9.65. The molecule has 0 spiro atoms. The fraction of sp³-hybridized carbons (Fsp3) is 0. The minimum atomic E-state index is 0.568. The van der Waals surface area contributed by atoms with Crippen molar-refractivity contribution in [2.24, 2.45) is 0 Å². The van der Waals surface area contributed by atoms with Gasteiger partial charge in [0.15, 0.2) is 11.2 Å². The zero-order chi connectivity index (χ0) is 34.4. The van der Waals surface area contributed by atoms with E-state index in [2.05, 4.69) is 149 Å². The molecule has 8 aromatic carbocycles. The molecule has 0 aliphatic carbocycles. The summed E-state index contributed by atoms with van der Waals surface area (Å²) in [6.07, 6.45) is 0. The molecule has 0 aliphatic heterocycles. The van der Waals surface area contributed by atoms with Crippen LogP contribution in [0.3, 0.4) is 0 Å². The molecular formula is C47H31N3O2. The zero-order valence-corrected chi connectivity index (χ0v) is 28.1. The molecule has 0 unspecified atom stereocenters. The number of fused-ring (bicyclic) bond motifs is 6. The monoisotopic (exact) mass is 669 g/mol. The van der Waals surface area contributed by atoms with Gasteiger partial charge in [0.1, 0.15) is 11.1 Å². The van der Waals surface area contributed by atoms with Crippen molar-refractivity contribution >= 4 is 77.9 Å². The minimum absolute atomic E-state index is 0.568. The highest BCUT2D eigenvalue weighted by Gasteiger charge is 2.26. The van der Waals surface area contributed by atoms with E-state index < -0.39 is 0 Å². The highest BCUT2D eigenvalue weighted by Crippen LogP contribution is 2.47. The van der Waals surface area contributed by atoms with Crippen molar-refractivity contribution in [2.75, 3.05) is 9.80 Å². The number of furan rings is 1. The summed E-state index contributed by atoms with van der Waals surface area (Å²) in [5, 5.41) is 4.17. The summed E-state index contributed by atoms with van der Waals surface area (Å²) in [5.74, 6) is 0.568. The van der Waals surface area contributed by atoms with Crippen LogP contribution in [0.2, 0.25) is 0 Å². The molecule has 0 fully saturated rings. The van der Waals surface area contributed by atoms with Crippen molar-refractivity contribution in [1.29, 1.82) is 0 Å². The molecule has 52 heavy (non-hydrogen) atoms. The minimum Gasteiger partial charge on any atom is -0.454 e. The van der Waals surface area contributed by atoms with E-state index in [1.54, 1.807) is 0 Å². The normalized spacial score (nSPS) is 11.5. The highest BCUT2D eigenvalue weighted by molar-refractivity contribution is 6.23. The number of anilines is 6. The molecule has 0 N–H and O–H groups in total. The number of rotatable bonds is 7. The van der Waals surface area contributed by atoms with E-state index >= 15 is 0 Å². The zero-order valence-electron chi connectivity index (χ0n) is 28.1. The van der Waals surface area contributed by atoms with Gasteiger partial charge in [-0.1, -0.05) is 103 Å². The first-order valence-electron chi connectivity index (χ1n) is 17.4. The molecule has 0 amide bonds. The lowest BCUT2D eigenvalue weighted by atomic mass is 10.0. The molecule has 5 heteroatoms. The molecule has 0 radical (unpaired) electrons. The summed E-state index contributed by atoms with van der Waals surface area (Å²) in [6.45, 7) is 0. The second-order valence-electron chi connectivity index (χ2n) is 12.8. The summed E-state index contributed by atoms with van der Waals surface area (Å²) >= 11 is 0. The van der Waals surface area contributed by atoms with Crippen LogP contribution < -0.4 is 9.80 Å². The van der Waals surface area contributed by atoms with Crippen LogP contribution in [0.1, 0.15) is 0 Å². The predicted octanol–water partition coefficient (Wildman–Crippen LogP) is 13.5. The Morgan fingerprint density at radius 1 is 0.404 bits per heavy atom. The van der Waals surface area contributed by atoms with Gasteiger partial charge in [-0.25, -0.2) is 4.98 Å². The van der Waals surface area contributed by atoms with Crippen LogP contribution in [0, 0.1) is 0 Å². The van der Waals surface area contributed by atoms with Gasteiger partial charge in [-0.15, -0.1) is 0 Å². The van der Waals surface area contributed by atoms with Crippen LogP contribution in [0.15, 0.2) is 197 Å². The smallest absolute Gasteiger partial charge is 0.227 e. The van der Waals surface area contributed by atoms with Gasteiger partial charge in [-0.05, 0) is 89.6 Å². The molecule has 10 rings (SSSR count). The Balaban J connectivity index is 1.25.